The molecule has 2 unspecified atom stereocenters. The molecule has 0 spiro atoms. The Morgan fingerprint density at radius 2 is 1.96 bits per heavy atom. The van der Waals surface area contributed by atoms with Gasteiger partial charge in [0.2, 0.25) is 5.91 Å². The number of nitrogens with one attached hydrogen (secondary N) is 1. The number of carbonyl (C=O) groups excluding carboxylic acids is 1. The topological polar surface area (TPSA) is 44.7 Å². The molecular weight excluding hydrogens is 286 g/mol. The normalized spacial score (nSPS) is 27.8. The van der Waals surface area contributed by atoms with Gasteiger partial charge in [0.25, 0.3) is 0 Å². The summed E-state index contributed by atoms with van der Waals surface area (Å²) in [5.74, 6) is 0.592. The van der Waals surface area contributed by atoms with E-state index in [1.165, 1.54) is 22.4 Å². The molecule has 23 heavy (non-hydrogen) atoms. The lowest BCUT2D eigenvalue weighted by Crippen LogP contribution is -2.28. The molecule has 5 rings (SSSR count). The predicted molar refractivity (Wildman–Crippen MR) is 88.9 cm³/mol. The minimum absolute atomic E-state index is 0.0889. The van der Waals surface area contributed by atoms with Crippen molar-refractivity contribution in [2.75, 3.05) is 13.1 Å². The number of fused-ring (bicyclic) bond motifs is 2. The Labute approximate surface area is 135 Å². The molecule has 2 heterocycles. The summed E-state index contributed by atoms with van der Waals surface area (Å²) in [7, 11) is 0. The zero-order valence-electron chi connectivity index (χ0n) is 13.0. The largest absolute Gasteiger partial charge is 0.371 e. The van der Waals surface area contributed by atoms with E-state index in [9.17, 15) is 4.79 Å². The van der Waals surface area contributed by atoms with E-state index in [4.69, 9.17) is 0 Å². The van der Waals surface area contributed by atoms with Crippen LogP contribution in [0.2, 0.25) is 0 Å². The number of hydrogen-bond acceptors (Lipinski definition) is 3. The second-order valence-corrected chi connectivity index (χ2v) is 6.84. The van der Waals surface area contributed by atoms with Crippen LogP contribution in [0, 0.1) is 11.8 Å². The molecule has 2 aliphatic heterocycles. The fraction of sp³-hybridized carbons (Fsp3) is 0.368. The molecule has 4 aliphatic rings. The summed E-state index contributed by atoms with van der Waals surface area (Å²) in [5.41, 5.74) is 9.18. The van der Waals surface area contributed by atoms with Gasteiger partial charge in [-0.25, -0.2) is 5.43 Å². The first kappa shape index (κ1) is 13.1. The smallest absolute Gasteiger partial charge is 0.243 e. The maximum Gasteiger partial charge on any atom is 0.243 e. The van der Waals surface area contributed by atoms with Gasteiger partial charge in [-0.05, 0) is 54.2 Å². The molecule has 0 aromatic heterocycles. The highest BCUT2D eigenvalue weighted by Gasteiger charge is 2.49. The molecule has 116 valence electrons. The van der Waals surface area contributed by atoms with Crippen molar-refractivity contribution in [1.82, 2.24) is 10.3 Å². The van der Waals surface area contributed by atoms with Crippen LogP contribution in [0.3, 0.4) is 0 Å². The maximum absolute atomic E-state index is 11.6. The standard InChI is InChI=1S/C19H19N3O/c23-19-17-11-16(17)18(20-21-19)14-5-4-12-6-8-22(15-2-1-3-15)9-7-13(12)10-14/h1-5,10,16-17H,6-9,11H2,(H,21,23). The lowest BCUT2D eigenvalue weighted by molar-refractivity contribution is -0.122. The summed E-state index contributed by atoms with van der Waals surface area (Å²) in [4.78, 5) is 14.1. The molecule has 0 radical (unpaired) electrons. The zero-order valence-corrected chi connectivity index (χ0v) is 13.0. The number of amides is 1. The summed E-state index contributed by atoms with van der Waals surface area (Å²) >= 11 is 0. The molecule has 1 amide bonds. The van der Waals surface area contributed by atoms with Crippen molar-refractivity contribution in [3.63, 3.8) is 0 Å². The summed E-state index contributed by atoms with van der Waals surface area (Å²) < 4.78 is 0. The van der Waals surface area contributed by atoms with E-state index >= 15 is 0 Å². The van der Waals surface area contributed by atoms with Crippen molar-refractivity contribution >= 4 is 11.6 Å². The van der Waals surface area contributed by atoms with E-state index in [2.05, 4.69) is 51.9 Å². The van der Waals surface area contributed by atoms with Crippen LogP contribution in [0.25, 0.3) is 0 Å². The van der Waals surface area contributed by atoms with Gasteiger partial charge in [-0.2, -0.15) is 5.10 Å². The number of allylic oxidation sites excluding steroid dienone is 3. The van der Waals surface area contributed by atoms with E-state index in [0.717, 1.165) is 38.1 Å². The second kappa shape index (κ2) is 4.82. The highest BCUT2D eigenvalue weighted by Crippen LogP contribution is 2.43. The third kappa shape index (κ3) is 2.12. The van der Waals surface area contributed by atoms with Gasteiger partial charge in [0.1, 0.15) is 0 Å². The summed E-state index contributed by atoms with van der Waals surface area (Å²) in [6, 6.07) is 6.74. The van der Waals surface area contributed by atoms with Crippen molar-refractivity contribution in [2.24, 2.45) is 16.9 Å². The Morgan fingerprint density at radius 1 is 1.13 bits per heavy atom. The Bertz CT molecular complexity index is 790. The Balaban J connectivity index is 1.41. The quantitative estimate of drug-likeness (QED) is 0.908. The maximum atomic E-state index is 11.6. The highest BCUT2D eigenvalue weighted by molar-refractivity contribution is 6.09. The van der Waals surface area contributed by atoms with Gasteiger partial charge in [-0.15, -0.1) is 0 Å². The first-order valence-electron chi connectivity index (χ1n) is 8.42. The monoisotopic (exact) mass is 305 g/mol. The van der Waals surface area contributed by atoms with Crippen LogP contribution in [0.4, 0.5) is 0 Å². The lowest BCUT2D eigenvalue weighted by Gasteiger charge is -2.26. The van der Waals surface area contributed by atoms with Crippen molar-refractivity contribution in [3.8, 4) is 0 Å². The number of nitrogens with zero attached hydrogens (tertiary/aromatic N) is 2. The van der Waals surface area contributed by atoms with Crippen LogP contribution < -0.4 is 5.43 Å². The van der Waals surface area contributed by atoms with Crippen LogP contribution >= 0.6 is 0 Å². The van der Waals surface area contributed by atoms with E-state index < -0.39 is 0 Å². The summed E-state index contributed by atoms with van der Waals surface area (Å²) in [6.45, 7) is 2.16. The first-order chi connectivity index (χ1) is 11.3. The molecule has 1 saturated carbocycles. The van der Waals surface area contributed by atoms with E-state index in [0.29, 0.717) is 5.92 Å². The predicted octanol–water partition coefficient (Wildman–Crippen LogP) is 2.01. The number of hydrazone groups is 1. The lowest BCUT2D eigenvalue weighted by atomic mass is 9.96. The SMILES string of the molecule is O=C1NN=C(c2ccc3c(c2)CCN(C2=CC=C2)CC3)C2CC12. The molecule has 1 aromatic carbocycles. The minimum atomic E-state index is 0.0889. The van der Waals surface area contributed by atoms with Crippen molar-refractivity contribution in [2.45, 2.75) is 19.3 Å². The zero-order chi connectivity index (χ0) is 15.4. The first-order valence-corrected chi connectivity index (χ1v) is 8.42. The van der Waals surface area contributed by atoms with E-state index in [1.807, 2.05) is 0 Å². The van der Waals surface area contributed by atoms with Crippen LogP contribution in [0.15, 0.2) is 47.2 Å². The van der Waals surface area contributed by atoms with Gasteiger partial charge >= 0.3 is 0 Å². The second-order valence-electron chi connectivity index (χ2n) is 6.84. The van der Waals surface area contributed by atoms with Gasteiger partial charge in [0.15, 0.2) is 0 Å². The molecule has 1 fully saturated rings. The molecule has 2 atom stereocenters. The molecule has 1 N–H and O–H groups in total. The fourth-order valence-electron chi connectivity index (χ4n) is 3.88. The van der Waals surface area contributed by atoms with Crippen LogP contribution in [0.1, 0.15) is 23.1 Å². The average Bonchev–Trinajstić information content (AvgIpc) is 3.31. The number of benzene rings is 1. The fourth-order valence-corrected chi connectivity index (χ4v) is 3.88. The molecule has 2 aliphatic carbocycles. The summed E-state index contributed by atoms with van der Waals surface area (Å²) in [5, 5.41) is 4.33. The van der Waals surface area contributed by atoms with Gasteiger partial charge in [0.05, 0.1) is 5.71 Å². The van der Waals surface area contributed by atoms with Gasteiger partial charge < -0.3 is 4.90 Å². The molecular formula is C19H19N3O. The molecule has 4 heteroatoms. The Hall–Kier alpha value is -2.36. The molecule has 4 nitrogen and oxygen atoms in total. The molecule has 0 saturated heterocycles. The Morgan fingerprint density at radius 3 is 2.74 bits per heavy atom. The van der Waals surface area contributed by atoms with Crippen LogP contribution in [-0.2, 0) is 17.6 Å². The van der Waals surface area contributed by atoms with Crippen molar-refractivity contribution < 1.29 is 4.79 Å². The Kier molecular flexibility index (Phi) is 2.75. The third-order valence-corrected chi connectivity index (χ3v) is 5.47. The van der Waals surface area contributed by atoms with E-state index in [1.54, 1.807) is 0 Å². The molecule has 1 aromatic rings. The number of hydrogen-bond donors (Lipinski definition) is 1. The average molecular weight is 305 g/mol. The number of carbonyl (C=O) groups is 1. The highest BCUT2D eigenvalue weighted by atomic mass is 16.2. The van der Waals surface area contributed by atoms with E-state index in [-0.39, 0.29) is 11.8 Å². The third-order valence-electron chi connectivity index (χ3n) is 5.47. The van der Waals surface area contributed by atoms with Gasteiger partial charge in [0, 0.05) is 30.6 Å². The van der Waals surface area contributed by atoms with Crippen LogP contribution in [0.5, 0.6) is 0 Å². The summed E-state index contributed by atoms with van der Waals surface area (Å²) in [6.07, 6.45) is 9.60. The van der Waals surface area contributed by atoms with Crippen molar-refractivity contribution in [3.05, 3.63) is 58.8 Å². The van der Waals surface area contributed by atoms with Crippen LogP contribution in [-0.4, -0.2) is 29.6 Å². The molecule has 0 bridgehead atoms. The van der Waals surface area contributed by atoms with Gasteiger partial charge in [-0.1, -0.05) is 18.2 Å². The minimum Gasteiger partial charge on any atom is -0.371 e. The van der Waals surface area contributed by atoms with Crippen molar-refractivity contribution in [1.29, 1.82) is 0 Å². The number of rotatable bonds is 2. The van der Waals surface area contributed by atoms with Gasteiger partial charge in [-0.3, -0.25) is 4.79 Å².